The molecule has 1 atom stereocenters. The normalized spacial score (nSPS) is 18.1. The van der Waals surface area contributed by atoms with Gasteiger partial charge in [-0.05, 0) is 50.6 Å². The van der Waals surface area contributed by atoms with Crippen LogP contribution in [-0.2, 0) is 20.9 Å². The van der Waals surface area contributed by atoms with Crippen LogP contribution in [0.1, 0.15) is 34.3 Å². The fourth-order valence-corrected chi connectivity index (χ4v) is 5.20. The van der Waals surface area contributed by atoms with Crippen molar-refractivity contribution in [3.05, 3.63) is 46.0 Å². The molecule has 232 valence electrons. The Morgan fingerprint density at radius 3 is 2.17 bits per heavy atom. The average molecular weight is 626 g/mol. The monoisotopic (exact) mass is 625 g/mol. The summed E-state index contributed by atoms with van der Waals surface area (Å²) in [6, 6.07) is 8.73. The van der Waals surface area contributed by atoms with Crippen molar-refractivity contribution in [1.29, 1.82) is 0 Å². The smallest absolute Gasteiger partial charge is 0.475 e. The summed E-state index contributed by atoms with van der Waals surface area (Å²) in [7, 11) is 0. The Morgan fingerprint density at radius 2 is 1.62 bits per heavy atom. The maximum absolute atomic E-state index is 10.6. The number of aryl methyl sites for hydroxylation is 1. The van der Waals surface area contributed by atoms with Crippen LogP contribution in [0.2, 0.25) is 0 Å². The first-order chi connectivity index (χ1) is 19.6. The number of likely N-dealkylation sites (tertiary alicyclic amines) is 1. The number of halogens is 6. The quantitative estimate of drug-likeness (QED) is 0.402. The van der Waals surface area contributed by atoms with Crippen LogP contribution in [0.25, 0.3) is 5.65 Å². The van der Waals surface area contributed by atoms with Crippen LogP contribution in [-0.4, -0.2) is 93.4 Å². The molecule has 5 heterocycles. The number of hydrogen-bond acceptors (Lipinski definition) is 8. The molecule has 42 heavy (non-hydrogen) atoms. The number of piperidine rings is 1. The minimum atomic E-state index is -5.08. The Hall–Kier alpha value is -3.44. The molecule has 2 fully saturated rings. The molecule has 17 heteroatoms. The standard InChI is InChI=1S/C21H27N5OS.2C2HF3O2/c1-16-4-6-19(28-16)15-24-8-2-3-17(13-24)21-22-20-7-5-18(14-26(20)23-21)25-9-11-27-12-10-25;2*3-2(4,5)1(6)7/h4-7,14,17H,2-3,8-13,15H2,1H3;2*(H,6,7). The van der Waals surface area contributed by atoms with E-state index in [1.807, 2.05) is 15.9 Å². The van der Waals surface area contributed by atoms with Gasteiger partial charge in [-0.15, -0.1) is 11.3 Å². The molecule has 10 nitrogen and oxygen atoms in total. The third-order valence-corrected chi connectivity index (χ3v) is 7.22. The topological polar surface area (TPSA) is 121 Å². The number of pyridine rings is 1. The number of anilines is 1. The van der Waals surface area contributed by atoms with E-state index in [2.05, 4.69) is 47.2 Å². The second-order valence-corrected chi connectivity index (χ2v) is 10.8. The molecule has 0 amide bonds. The molecule has 0 spiro atoms. The number of morpholine rings is 1. The first kappa shape index (κ1) is 33.1. The van der Waals surface area contributed by atoms with E-state index < -0.39 is 24.3 Å². The third-order valence-electron chi connectivity index (χ3n) is 6.24. The number of alkyl halides is 6. The number of carbonyl (C=O) groups is 2. The molecule has 2 aliphatic rings. The number of rotatable bonds is 4. The van der Waals surface area contributed by atoms with Crippen molar-refractivity contribution in [2.24, 2.45) is 0 Å². The molecular formula is C25H29F6N5O5S. The van der Waals surface area contributed by atoms with Gasteiger partial charge in [0.25, 0.3) is 0 Å². The largest absolute Gasteiger partial charge is 0.490 e. The van der Waals surface area contributed by atoms with Crippen molar-refractivity contribution in [1.82, 2.24) is 19.5 Å². The molecular weight excluding hydrogens is 596 g/mol. The second kappa shape index (κ2) is 14.2. The van der Waals surface area contributed by atoms with Crippen molar-refractivity contribution >= 4 is 34.6 Å². The van der Waals surface area contributed by atoms with Crippen molar-refractivity contribution < 1.29 is 50.9 Å². The van der Waals surface area contributed by atoms with Gasteiger partial charge in [0, 0.05) is 41.9 Å². The molecule has 5 rings (SSSR count). The fourth-order valence-electron chi connectivity index (χ4n) is 4.27. The van der Waals surface area contributed by atoms with Crippen LogP contribution in [0, 0.1) is 6.92 Å². The third kappa shape index (κ3) is 9.84. The zero-order chi connectivity index (χ0) is 31.1. The van der Waals surface area contributed by atoms with Gasteiger partial charge in [0.1, 0.15) is 0 Å². The highest BCUT2D eigenvalue weighted by atomic mass is 32.1. The number of nitrogens with zero attached hydrogens (tertiary/aromatic N) is 5. The van der Waals surface area contributed by atoms with Gasteiger partial charge in [-0.1, -0.05) is 0 Å². The summed E-state index contributed by atoms with van der Waals surface area (Å²) in [6.45, 7) is 8.90. The van der Waals surface area contributed by atoms with Crippen LogP contribution in [0.3, 0.4) is 0 Å². The lowest BCUT2D eigenvalue weighted by atomic mass is 9.97. The van der Waals surface area contributed by atoms with Crippen molar-refractivity contribution in [2.75, 3.05) is 44.3 Å². The Morgan fingerprint density at radius 1 is 1.00 bits per heavy atom. The summed E-state index contributed by atoms with van der Waals surface area (Å²) in [5.41, 5.74) is 2.14. The highest BCUT2D eigenvalue weighted by Crippen LogP contribution is 2.28. The van der Waals surface area contributed by atoms with E-state index in [9.17, 15) is 26.3 Å². The summed E-state index contributed by atoms with van der Waals surface area (Å²) in [5, 5.41) is 19.1. The van der Waals surface area contributed by atoms with Crippen molar-refractivity contribution in [3.63, 3.8) is 0 Å². The summed E-state index contributed by atoms with van der Waals surface area (Å²) in [5.74, 6) is -4.10. The minimum absolute atomic E-state index is 0.418. The Kier molecular flexibility index (Phi) is 11.1. The van der Waals surface area contributed by atoms with Crippen molar-refractivity contribution in [3.8, 4) is 0 Å². The molecule has 0 bridgehead atoms. The highest BCUT2D eigenvalue weighted by Gasteiger charge is 2.38. The summed E-state index contributed by atoms with van der Waals surface area (Å²) in [6.07, 6.45) is -5.66. The van der Waals surface area contributed by atoms with Crippen LogP contribution >= 0.6 is 11.3 Å². The summed E-state index contributed by atoms with van der Waals surface area (Å²) in [4.78, 5) is 30.4. The molecule has 0 saturated carbocycles. The van der Waals surface area contributed by atoms with E-state index >= 15 is 0 Å². The van der Waals surface area contributed by atoms with E-state index in [4.69, 9.17) is 34.6 Å². The number of carboxylic acid groups (broad SMARTS) is 2. The maximum Gasteiger partial charge on any atom is 0.490 e. The zero-order valence-electron chi connectivity index (χ0n) is 22.4. The average Bonchev–Trinajstić information content (AvgIpc) is 3.54. The van der Waals surface area contributed by atoms with Gasteiger partial charge in [0.2, 0.25) is 0 Å². The fraction of sp³-hybridized carbons (Fsp3) is 0.520. The van der Waals surface area contributed by atoms with Crippen molar-refractivity contribution in [2.45, 2.75) is 44.6 Å². The molecule has 2 N–H and O–H groups in total. The van der Waals surface area contributed by atoms with E-state index in [0.29, 0.717) is 5.92 Å². The van der Waals surface area contributed by atoms with Gasteiger partial charge in [0.05, 0.1) is 25.1 Å². The van der Waals surface area contributed by atoms with E-state index in [1.165, 1.54) is 34.8 Å². The Balaban J connectivity index is 0.000000289. The molecule has 0 aromatic carbocycles. The van der Waals surface area contributed by atoms with Gasteiger partial charge in [-0.2, -0.15) is 31.4 Å². The second-order valence-electron chi connectivity index (χ2n) is 9.45. The van der Waals surface area contributed by atoms with Crippen LogP contribution < -0.4 is 4.90 Å². The lowest BCUT2D eigenvalue weighted by Crippen LogP contribution is -2.36. The van der Waals surface area contributed by atoms with Crippen LogP contribution in [0.15, 0.2) is 30.5 Å². The Bertz CT molecular complexity index is 1320. The van der Waals surface area contributed by atoms with Gasteiger partial charge < -0.3 is 19.8 Å². The van der Waals surface area contributed by atoms with Gasteiger partial charge >= 0.3 is 24.3 Å². The lowest BCUT2D eigenvalue weighted by Gasteiger charge is -2.30. The molecule has 2 aliphatic heterocycles. The number of carboxylic acids is 2. The van der Waals surface area contributed by atoms with Gasteiger partial charge in [-0.25, -0.2) is 19.1 Å². The SMILES string of the molecule is Cc1ccc(CN2CCCC(c3nc4ccc(N5CCOCC5)cn4n3)C2)s1.O=C(O)C(F)(F)F.O=C(O)C(F)(F)F. The first-order valence-corrected chi connectivity index (χ1v) is 13.5. The summed E-state index contributed by atoms with van der Waals surface area (Å²) >= 11 is 1.91. The van der Waals surface area contributed by atoms with Crippen LogP contribution in [0.4, 0.5) is 32.0 Å². The van der Waals surface area contributed by atoms with E-state index in [1.54, 1.807) is 0 Å². The van der Waals surface area contributed by atoms with E-state index in [0.717, 1.165) is 50.9 Å². The number of ether oxygens (including phenoxy) is 1. The number of aliphatic carboxylic acids is 2. The summed E-state index contributed by atoms with van der Waals surface area (Å²) < 4.78 is 70.9. The molecule has 2 saturated heterocycles. The molecule has 0 radical (unpaired) electrons. The number of aromatic nitrogens is 3. The molecule has 3 aromatic rings. The number of hydrogen-bond donors (Lipinski definition) is 2. The lowest BCUT2D eigenvalue weighted by molar-refractivity contribution is -0.193. The predicted octanol–water partition coefficient (Wildman–Crippen LogP) is 4.58. The molecule has 0 aliphatic carbocycles. The van der Waals surface area contributed by atoms with Gasteiger partial charge in [0.15, 0.2) is 11.5 Å². The first-order valence-electron chi connectivity index (χ1n) is 12.7. The minimum Gasteiger partial charge on any atom is -0.475 e. The Labute approximate surface area is 240 Å². The van der Waals surface area contributed by atoms with Crippen LogP contribution in [0.5, 0.6) is 0 Å². The van der Waals surface area contributed by atoms with E-state index in [-0.39, 0.29) is 0 Å². The van der Waals surface area contributed by atoms with Gasteiger partial charge in [-0.3, -0.25) is 4.90 Å². The highest BCUT2D eigenvalue weighted by molar-refractivity contribution is 7.11. The zero-order valence-corrected chi connectivity index (χ0v) is 23.2. The predicted molar refractivity (Wildman–Crippen MR) is 140 cm³/mol. The maximum atomic E-state index is 10.6. The number of fused-ring (bicyclic) bond motifs is 1. The number of thiophene rings is 1. The molecule has 1 unspecified atom stereocenters. The molecule has 3 aromatic heterocycles.